The van der Waals surface area contributed by atoms with Crippen molar-refractivity contribution in [3.05, 3.63) is 44.9 Å². The number of aryl methyl sites for hydroxylation is 1. The summed E-state index contributed by atoms with van der Waals surface area (Å²) in [5, 5.41) is 12.2. The third-order valence-electron chi connectivity index (χ3n) is 4.51. The molecule has 0 spiro atoms. The van der Waals surface area contributed by atoms with Gasteiger partial charge in [0.15, 0.2) is 0 Å². The number of halogens is 1. The minimum Gasteiger partial charge on any atom is -0.478 e. The Hall–Kier alpha value is -2.15. The van der Waals surface area contributed by atoms with E-state index in [2.05, 4.69) is 21.2 Å². The Morgan fingerprint density at radius 2 is 1.88 bits per heavy atom. The van der Waals surface area contributed by atoms with E-state index in [4.69, 9.17) is 4.74 Å². The van der Waals surface area contributed by atoms with E-state index in [1.54, 1.807) is 0 Å². The van der Waals surface area contributed by atoms with Gasteiger partial charge in [0.1, 0.15) is 0 Å². The fourth-order valence-electron chi connectivity index (χ4n) is 3.16. The van der Waals surface area contributed by atoms with Crippen LogP contribution in [0.1, 0.15) is 49.3 Å². The normalized spacial score (nSPS) is 15.3. The summed E-state index contributed by atoms with van der Waals surface area (Å²) in [5.41, 5.74) is 2.16. The van der Waals surface area contributed by atoms with Crippen LogP contribution in [-0.4, -0.2) is 30.1 Å². The van der Waals surface area contributed by atoms with Gasteiger partial charge in [0.25, 0.3) is 0 Å². The van der Waals surface area contributed by atoms with E-state index >= 15 is 0 Å². The molecule has 0 aromatic heterocycles. The number of nitrogens with one attached hydrogen (secondary N) is 1. The Labute approximate surface area is 160 Å². The van der Waals surface area contributed by atoms with E-state index in [9.17, 15) is 19.5 Å². The Bertz CT molecular complexity index is 756. The van der Waals surface area contributed by atoms with E-state index in [0.717, 1.165) is 28.4 Å². The summed E-state index contributed by atoms with van der Waals surface area (Å²) in [6, 6.07) is 4.98. The number of methoxy groups -OCH3 is 1. The quantitative estimate of drug-likeness (QED) is 0.683. The van der Waals surface area contributed by atoms with Crippen molar-refractivity contribution in [2.45, 2.75) is 45.1 Å². The van der Waals surface area contributed by atoms with Crippen molar-refractivity contribution in [3.63, 3.8) is 0 Å². The number of amides is 1. The summed E-state index contributed by atoms with van der Waals surface area (Å²) in [6.07, 6.45) is 2.32. The molecule has 0 heterocycles. The van der Waals surface area contributed by atoms with Crippen LogP contribution < -0.4 is 5.32 Å². The van der Waals surface area contributed by atoms with Crippen molar-refractivity contribution in [1.29, 1.82) is 0 Å². The van der Waals surface area contributed by atoms with Crippen LogP contribution in [0.2, 0.25) is 0 Å². The van der Waals surface area contributed by atoms with Gasteiger partial charge in [-0.25, -0.2) is 4.79 Å². The molecule has 2 rings (SSSR count). The molecule has 0 fully saturated rings. The first-order chi connectivity index (χ1) is 12.3. The molecule has 1 atom stereocenters. The van der Waals surface area contributed by atoms with Crippen LogP contribution in [0.4, 0.5) is 0 Å². The number of benzene rings is 1. The summed E-state index contributed by atoms with van der Waals surface area (Å²) >= 11 is 3.40. The van der Waals surface area contributed by atoms with Gasteiger partial charge in [-0.1, -0.05) is 22.0 Å². The summed E-state index contributed by atoms with van der Waals surface area (Å²) < 4.78 is 5.64. The third kappa shape index (κ3) is 4.94. The molecular formula is C19H22BrNO5. The van der Waals surface area contributed by atoms with Gasteiger partial charge in [-0.3, -0.25) is 9.59 Å². The molecule has 7 heteroatoms. The third-order valence-corrected chi connectivity index (χ3v) is 5.00. The molecule has 1 aliphatic rings. The van der Waals surface area contributed by atoms with Crippen molar-refractivity contribution in [3.8, 4) is 0 Å². The maximum Gasteiger partial charge on any atom is 0.332 e. The zero-order valence-electron chi connectivity index (χ0n) is 14.8. The summed E-state index contributed by atoms with van der Waals surface area (Å²) in [7, 11) is 1.29. The van der Waals surface area contributed by atoms with Crippen molar-refractivity contribution in [2.24, 2.45) is 0 Å². The van der Waals surface area contributed by atoms with E-state index in [0.29, 0.717) is 18.4 Å². The highest BCUT2D eigenvalue weighted by Gasteiger charge is 2.27. The number of esters is 1. The summed E-state index contributed by atoms with van der Waals surface area (Å²) in [4.78, 5) is 36.0. The fraction of sp³-hybridized carbons (Fsp3) is 0.421. The van der Waals surface area contributed by atoms with Crippen LogP contribution in [0.5, 0.6) is 0 Å². The zero-order chi connectivity index (χ0) is 19.3. The standard InChI is InChI=1S/C19H22BrNO5/c1-11-9-12(20)7-8-13(11)16(10-17(22)26-2)21-18(23)14-5-3-4-6-15(14)19(24)25/h7-9,16H,3-6,10H2,1-2H3,(H,21,23)(H,24,25)/t16-/m0/s1. The molecule has 0 radical (unpaired) electrons. The molecule has 1 aromatic carbocycles. The van der Waals surface area contributed by atoms with Crippen LogP contribution in [-0.2, 0) is 19.1 Å². The molecule has 1 amide bonds. The Morgan fingerprint density at radius 3 is 2.46 bits per heavy atom. The number of hydrogen-bond acceptors (Lipinski definition) is 4. The van der Waals surface area contributed by atoms with Gasteiger partial charge < -0.3 is 15.2 Å². The fourth-order valence-corrected chi connectivity index (χ4v) is 3.63. The van der Waals surface area contributed by atoms with Gasteiger partial charge in [0.2, 0.25) is 5.91 Å². The molecule has 0 saturated carbocycles. The van der Waals surface area contributed by atoms with Crippen LogP contribution in [0.25, 0.3) is 0 Å². The Kier molecular flexibility index (Phi) is 6.97. The molecule has 26 heavy (non-hydrogen) atoms. The molecule has 140 valence electrons. The predicted molar refractivity (Wildman–Crippen MR) is 99.5 cm³/mol. The van der Waals surface area contributed by atoms with Crippen molar-refractivity contribution >= 4 is 33.8 Å². The van der Waals surface area contributed by atoms with Crippen molar-refractivity contribution in [1.82, 2.24) is 5.32 Å². The highest BCUT2D eigenvalue weighted by Crippen LogP contribution is 2.28. The second-order valence-corrected chi connectivity index (χ2v) is 7.19. The molecule has 0 saturated heterocycles. The van der Waals surface area contributed by atoms with Crippen LogP contribution in [0.3, 0.4) is 0 Å². The lowest BCUT2D eigenvalue weighted by Crippen LogP contribution is -2.33. The molecular weight excluding hydrogens is 402 g/mol. The average molecular weight is 424 g/mol. The minimum atomic E-state index is -1.06. The van der Waals surface area contributed by atoms with Crippen molar-refractivity contribution in [2.75, 3.05) is 7.11 Å². The zero-order valence-corrected chi connectivity index (χ0v) is 16.4. The summed E-state index contributed by atoms with van der Waals surface area (Å²) in [6.45, 7) is 1.89. The van der Waals surface area contributed by atoms with Crippen LogP contribution >= 0.6 is 15.9 Å². The average Bonchev–Trinajstić information content (AvgIpc) is 2.61. The number of carboxylic acid groups (broad SMARTS) is 1. The second kappa shape index (κ2) is 8.98. The van der Waals surface area contributed by atoms with Crippen LogP contribution in [0, 0.1) is 6.92 Å². The number of carboxylic acids is 1. The number of hydrogen-bond donors (Lipinski definition) is 2. The molecule has 6 nitrogen and oxygen atoms in total. The van der Waals surface area contributed by atoms with Gasteiger partial charge in [0.05, 0.1) is 19.6 Å². The highest BCUT2D eigenvalue weighted by atomic mass is 79.9. The van der Waals surface area contributed by atoms with Gasteiger partial charge >= 0.3 is 11.9 Å². The van der Waals surface area contributed by atoms with E-state index in [1.165, 1.54) is 7.11 Å². The van der Waals surface area contributed by atoms with E-state index < -0.39 is 23.9 Å². The maximum absolute atomic E-state index is 12.8. The van der Waals surface area contributed by atoms with Gasteiger partial charge in [0, 0.05) is 15.6 Å². The van der Waals surface area contributed by atoms with Crippen LogP contribution in [0.15, 0.2) is 33.8 Å². The summed E-state index contributed by atoms with van der Waals surface area (Å²) in [5.74, 6) is -1.94. The largest absolute Gasteiger partial charge is 0.478 e. The smallest absolute Gasteiger partial charge is 0.332 e. The molecule has 0 unspecified atom stereocenters. The first kappa shape index (κ1) is 20.2. The lowest BCUT2D eigenvalue weighted by atomic mass is 9.90. The lowest BCUT2D eigenvalue weighted by Gasteiger charge is -2.23. The first-order valence-corrected chi connectivity index (χ1v) is 9.21. The van der Waals surface area contributed by atoms with E-state index in [1.807, 2.05) is 25.1 Å². The molecule has 1 aromatic rings. The van der Waals surface area contributed by atoms with Gasteiger partial charge in [-0.2, -0.15) is 0 Å². The van der Waals surface area contributed by atoms with Gasteiger partial charge in [-0.15, -0.1) is 0 Å². The molecule has 0 bridgehead atoms. The van der Waals surface area contributed by atoms with Crippen molar-refractivity contribution < 1.29 is 24.2 Å². The lowest BCUT2D eigenvalue weighted by molar-refractivity contribution is -0.141. The molecule has 2 N–H and O–H groups in total. The number of carbonyl (C=O) groups excluding carboxylic acids is 2. The molecule has 1 aliphatic carbocycles. The Morgan fingerprint density at radius 1 is 1.23 bits per heavy atom. The number of ether oxygens (including phenoxy) is 1. The maximum atomic E-state index is 12.8. The topological polar surface area (TPSA) is 92.7 Å². The number of rotatable bonds is 6. The number of aliphatic carboxylic acids is 1. The second-order valence-electron chi connectivity index (χ2n) is 6.28. The predicted octanol–water partition coefficient (Wildman–Crippen LogP) is 3.43. The SMILES string of the molecule is COC(=O)C[C@H](NC(=O)C1=C(C(=O)O)CCCC1)c1ccc(Br)cc1C. The highest BCUT2D eigenvalue weighted by molar-refractivity contribution is 9.10. The molecule has 0 aliphatic heterocycles. The van der Waals surface area contributed by atoms with Gasteiger partial charge in [-0.05, 0) is 55.9 Å². The first-order valence-electron chi connectivity index (χ1n) is 8.42. The Balaban J connectivity index is 2.32. The number of carbonyl (C=O) groups is 3. The van der Waals surface area contributed by atoms with E-state index in [-0.39, 0.29) is 12.0 Å². The monoisotopic (exact) mass is 423 g/mol. The minimum absolute atomic E-state index is 0.0274.